The predicted molar refractivity (Wildman–Crippen MR) is 67.5 cm³/mol. The summed E-state index contributed by atoms with van der Waals surface area (Å²) in [5.74, 6) is -0.240. The molecule has 90 valence electrons. The van der Waals surface area contributed by atoms with Gasteiger partial charge in [-0.05, 0) is 38.5 Å². The number of aryl methyl sites for hydroxylation is 2. The second kappa shape index (κ2) is 4.62. The van der Waals surface area contributed by atoms with Gasteiger partial charge in [0.05, 0.1) is 17.7 Å². The number of nitrogens with zero attached hydrogens (tertiary/aromatic N) is 1. The van der Waals surface area contributed by atoms with E-state index in [-0.39, 0.29) is 5.97 Å². The topological polar surface area (TPSA) is 30.7 Å². The van der Waals surface area contributed by atoms with Gasteiger partial charge in [-0.15, -0.1) is 0 Å². The number of carbonyl (C=O) groups excluding carboxylic acids is 1. The molecule has 0 bridgehead atoms. The van der Waals surface area contributed by atoms with Crippen molar-refractivity contribution in [2.75, 3.05) is 6.61 Å². The Hall–Kier alpha value is -1.77. The summed E-state index contributed by atoms with van der Waals surface area (Å²) < 4.78 is 7.20. The van der Waals surface area contributed by atoms with Crippen molar-refractivity contribution >= 4 is 11.5 Å². The first kappa shape index (κ1) is 11.7. The van der Waals surface area contributed by atoms with Crippen molar-refractivity contribution in [2.45, 2.75) is 27.2 Å². The fourth-order valence-electron chi connectivity index (χ4n) is 2.15. The van der Waals surface area contributed by atoms with E-state index in [4.69, 9.17) is 4.74 Å². The molecule has 0 atom stereocenters. The molecule has 0 fully saturated rings. The van der Waals surface area contributed by atoms with Crippen molar-refractivity contribution in [1.82, 2.24) is 4.40 Å². The summed E-state index contributed by atoms with van der Waals surface area (Å²) in [5.41, 5.74) is 3.86. The van der Waals surface area contributed by atoms with E-state index in [1.54, 1.807) is 0 Å². The van der Waals surface area contributed by atoms with Gasteiger partial charge in [-0.3, -0.25) is 0 Å². The Kier molecular flexibility index (Phi) is 3.18. The molecule has 0 aliphatic carbocycles. The Balaban J connectivity index is 2.65. The number of esters is 1. The lowest BCUT2D eigenvalue weighted by Gasteiger charge is -2.04. The van der Waals surface area contributed by atoms with Crippen molar-refractivity contribution in [3.05, 3.63) is 41.2 Å². The van der Waals surface area contributed by atoms with Crippen LogP contribution in [0, 0.1) is 6.92 Å². The summed E-state index contributed by atoms with van der Waals surface area (Å²) in [4.78, 5) is 11.9. The van der Waals surface area contributed by atoms with Gasteiger partial charge in [0.2, 0.25) is 0 Å². The van der Waals surface area contributed by atoms with Gasteiger partial charge >= 0.3 is 5.97 Å². The Morgan fingerprint density at radius 3 is 2.76 bits per heavy atom. The number of aromatic nitrogens is 1. The van der Waals surface area contributed by atoms with E-state index in [1.165, 1.54) is 0 Å². The molecular weight excluding hydrogens is 214 g/mol. The molecule has 17 heavy (non-hydrogen) atoms. The van der Waals surface area contributed by atoms with Crippen LogP contribution in [0.5, 0.6) is 0 Å². The zero-order chi connectivity index (χ0) is 12.4. The van der Waals surface area contributed by atoms with Crippen LogP contribution in [0.2, 0.25) is 0 Å². The molecule has 0 radical (unpaired) electrons. The molecule has 0 unspecified atom stereocenters. The lowest BCUT2D eigenvalue weighted by molar-refractivity contribution is 0.0529. The van der Waals surface area contributed by atoms with Crippen LogP contribution < -0.4 is 0 Å². The third kappa shape index (κ3) is 1.93. The van der Waals surface area contributed by atoms with E-state index >= 15 is 0 Å². The summed E-state index contributed by atoms with van der Waals surface area (Å²) in [5, 5.41) is 0. The number of rotatable bonds is 3. The summed E-state index contributed by atoms with van der Waals surface area (Å²) >= 11 is 0. The first-order valence-electron chi connectivity index (χ1n) is 5.96. The van der Waals surface area contributed by atoms with Gasteiger partial charge < -0.3 is 9.14 Å². The molecule has 0 saturated carbocycles. The zero-order valence-corrected chi connectivity index (χ0v) is 10.5. The highest BCUT2D eigenvalue weighted by Gasteiger charge is 2.16. The van der Waals surface area contributed by atoms with Crippen LogP contribution in [-0.2, 0) is 11.2 Å². The Labute approximate surface area is 101 Å². The van der Waals surface area contributed by atoms with E-state index in [1.807, 2.05) is 38.1 Å². The molecular formula is C14H17NO2. The number of hydrogen-bond acceptors (Lipinski definition) is 2. The van der Waals surface area contributed by atoms with Gasteiger partial charge in [-0.2, -0.15) is 0 Å². The van der Waals surface area contributed by atoms with E-state index in [0.717, 1.165) is 23.3 Å². The largest absolute Gasteiger partial charge is 0.462 e. The third-order valence-corrected chi connectivity index (χ3v) is 2.92. The number of ether oxygens (including phenoxy) is 1. The van der Waals surface area contributed by atoms with E-state index < -0.39 is 0 Å². The van der Waals surface area contributed by atoms with Crippen molar-refractivity contribution in [1.29, 1.82) is 0 Å². The lowest BCUT2D eigenvalue weighted by Crippen LogP contribution is -2.04. The number of hydrogen-bond donors (Lipinski definition) is 0. The minimum absolute atomic E-state index is 0.240. The van der Waals surface area contributed by atoms with Crippen LogP contribution in [0.1, 0.15) is 35.6 Å². The fourth-order valence-corrected chi connectivity index (χ4v) is 2.15. The maximum Gasteiger partial charge on any atom is 0.340 e. The van der Waals surface area contributed by atoms with Crippen LogP contribution in [0.15, 0.2) is 24.3 Å². The molecule has 0 amide bonds. The minimum atomic E-state index is -0.240. The monoisotopic (exact) mass is 231 g/mol. The molecule has 2 heterocycles. The third-order valence-electron chi connectivity index (χ3n) is 2.92. The highest BCUT2D eigenvalue weighted by Crippen LogP contribution is 2.20. The van der Waals surface area contributed by atoms with Crippen molar-refractivity contribution in [3.8, 4) is 0 Å². The van der Waals surface area contributed by atoms with Crippen LogP contribution >= 0.6 is 0 Å². The molecule has 0 N–H and O–H groups in total. The molecule has 2 aromatic heterocycles. The first-order valence-corrected chi connectivity index (χ1v) is 5.96. The highest BCUT2D eigenvalue weighted by molar-refractivity contribution is 5.97. The fraction of sp³-hybridized carbons (Fsp3) is 0.357. The quantitative estimate of drug-likeness (QED) is 0.760. The molecule has 0 aliphatic rings. The van der Waals surface area contributed by atoms with Crippen molar-refractivity contribution in [3.63, 3.8) is 0 Å². The molecule has 2 aromatic rings. The van der Waals surface area contributed by atoms with E-state index in [9.17, 15) is 4.79 Å². The standard InChI is InChI=1S/C14H17NO2/c1-4-11-9-12(14(16)17-5-2)13-8-6-7-10(3)15(11)13/h6-9H,4-5H2,1-3H3. The normalized spacial score (nSPS) is 10.8. The maximum atomic E-state index is 11.9. The molecule has 0 spiro atoms. The van der Waals surface area contributed by atoms with Crippen LogP contribution in [-0.4, -0.2) is 17.0 Å². The van der Waals surface area contributed by atoms with Crippen LogP contribution in [0.3, 0.4) is 0 Å². The van der Waals surface area contributed by atoms with E-state index in [0.29, 0.717) is 12.2 Å². The summed E-state index contributed by atoms with van der Waals surface area (Å²) in [6.45, 7) is 6.36. The molecule has 0 aliphatic heterocycles. The second-order valence-corrected chi connectivity index (χ2v) is 4.01. The number of fused-ring (bicyclic) bond motifs is 1. The summed E-state index contributed by atoms with van der Waals surface area (Å²) in [6, 6.07) is 7.90. The molecule has 2 rings (SSSR count). The smallest absolute Gasteiger partial charge is 0.340 e. The van der Waals surface area contributed by atoms with Gasteiger partial charge in [0.25, 0.3) is 0 Å². The van der Waals surface area contributed by atoms with Gasteiger partial charge in [0, 0.05) is 11.4 Å². The Morgan fingerprint density at radius 2 is 2.12 bits per heavy atom. The first-order chi connectivity index (χ1) is 8.19. The van der Waals surface area contributed by atoms with Crippen LogP contribution in [0.4, 0.5) is 0 Å². The molecule has 0 saturated heterocycles. The van der Waals surface area contributed by atoms with Gasteiger partial charge in [-0.25, -0.2) is 4.79 Å². The van der Waals surface area contributed by atoms with Gasteiger partial charge in [0.1, 0.15) is 0 Å². The van der Waals surface area contributed by atoms with Crippen molar-refractivity contribution < 1.29 is 9.53 Å². The predicted octanol–water partition coefficient (Wildman–Crippen LogP) is 2.99. The van der Waals surface area contributed by atoms with Crippen molar-refractivity contribution in [2.24, 2.45) is 0 Å². The second-order valence-electron chi connectivity index (χ2n) is 4.01. The Bertz CT molecular complexity index is 555. The lowest BCUT2D eigenvalue weighted by atomic mass is 10.2. The van der Waals surface area contributed by atoms with Gasteiger partial charge in [-0.1, -0.05) is 13.0 Å². The highest BCUT2D eigenvalue weighted by atomic mass is 16.5. The van der Waals surface area contributed by atoms with Gasteiger partial charge in [0.15, 0.2) is 0 Å². The summed E-state index contributed by atoms with van der Waals surface area (Å²) in [6.07, 6.45) is 0.894. The number of carbonyl (C=O) groups is 1. The summed E-state index contributed by atoms with van der Waals surface area (Å²) in [7, 11) is 0. The number of pyridine rings is 1. The molecule has 0 aromatic carbocycles. The molecule has 3 heteroatoms. The zero-order valence-electron chi connectivity index (χ0n) is 10.5. The molecule has 3 nitrogen and oxygen atoms in total. The maximum absolute atomic E-state index is 11.9. The van der Waals surface area contributed by atoms with E-state index in [2.05, 4.69) is 11.3 Å². The Morgan fingerprint density at radius 1 is 1.35 bits per heavy atom. The minimum Gasteiger partial charge on any atom is -0.462 e. The average Bonchev–Trinajstić information content (AvgIpc) is 2.69. The van der Waals surface area contributed by atoms with Crippen LogP contribution in [0.25, 0.3) is 5.52 Å². The SMILES string of the molecule is CCOC(=O)c1cc(CC)n2c(C)cccc12. The average molecular weight is 231 g/mol.